The van der Waals surface area contributed by atoms with E-state index in [1.54, 1.807) is 46.0 Å². The number of alkyl halides is 3. The summed E-state index contributed by atoms with van der Waals surface area (Å²) in [5.74, 6) is -0.156. The van der Waals surface area contributed by atoms with Crippen molar-refractivity contribution in [2.45, 2.75) is 31.1 Å². The Morgan fingerprint density at radius 1 is 0.909 bits per heavy atom. The summed E-state index contributed by atoms with van der Waals surface area (Å²) in [5, 5.41) is 0. The molecule has 33 heavy (non-hydrogen) atoms. The molecular formula is C24H27F3N4O2. The van der Waals surface area contributed by atoms with Crippen molar-refractivity contribution in [3.05, 3.63) is 59.7 Å². The first-order valence-electron chi connectivity index (χ1n) is 11.0. The highest BCUT2D eigenvalue weighted by Crippen LogP contribution is 2.31. The molecule has 3 amide bonds. The quantitative estimate of drug-likeness (QED) is 0.760. The highest BCUT2D eigenvalue weighted by atomic mass is 19.4. The second-order valence-electron chi connectivity index (χ2n) is 8.73. The molecule has 0 radical (unpaired) electrons. The van der Waals surface area contributed by atoms with Crippen LogP contribution in [-0.2, 0) is 6.18 Å². The molecule has 2 heterocycles. The molecule has 9 heteroatoms. The maximum atomic E-state index is 13.0. The number of carbonyl (C=O) groups excluding carboxylic acids is 2. The molecule has 2 aliphatic rings. The molecule has 6 nitrogen and oxygen atoms in total. The molecule has 0 saturated carbocycles. The Hall–Kier alpha value is -3.07. The first-order valence-corrected chi connectivity index (χ1v) is 11.0. The Balaban J connectivity index is 1.37. The van der Waals surface area contributed by atoms with E-state index in [-0.39, 0.29) is 24.0 Å². The molecule has 2 atom stereocenters. The van der Waals surface area contributed by atoms with E-state index in [0.29, 0.717) is 43.7 Å². The first kappa shape index (κ1) is 23.1. The van der Waals surface area contributed by atoms with E-state index in [2.05, 4.69) is 0 Å². The zero-order valence-electron chi connectivity index (χ0n) is 18.4. The van der Waals surface area contributed by atoms with Gasteiger partial charge in [-0.1, -0.05) is 24.3 Å². The van der Waals surface area contributed by atoms with Gasteiger partial charge < -0.3 is 20.4 Å². The van der Waals surface area contributed by atoms with Crippen LogP contribution in [0.15, 0.2) is 48.5 Å². The topological polar surface area (TPSA) is 69.9 Å². The van der Waals surface area contributed by atoms with E-state index in [1.165, 1.54) is 12.1 Å². The summed E-state index contributed by atoms with van der Waals surface area (Å²) < 4.78 is 38.3. The Bertz CT molecular complexity index is 1010. The van der Waals surface area contributed by atoms with Crippen LogP contribution < -0.4 is 5.73 Å². The van der Waals surface area contributed by atoms with Crippen LogP contribution in [0.2, 0.25) is 0 Å². The Labute approximate surface area is 190 Å². The fourth-order valence-electron chi connectivity index (χ4n) is 4.42. The molecule has 0 aliphatic carbocycles. The van der Waals surface area contributed by atoms with Crippen molar-refractivity contribution in [2.24, 2.45) is 5.73 Å². The third-order valence-corrected chi connectivity index (χ3v) is 6.47. The lowest BCUT2D eigenvalue weighted by atomic mass is 10.0. The van der Waals surface area contributed by atoms with Gasteiger partial charge >= 0.3 is 12.2 Å². The molecule has 4 rings (SSSR count). The molecule has 2 aliphatic heterocycles. The lowest BCUT2D eigenvalue weighted by Gasteiger charge is -2.27. The molecule has 2 aromatic carbocycles. The van der Waals surface area contributed by atoms with Crippen LogP contribution in [0, 0.1) is 0 Å². The number of nitrogens with zero attached hydrogens (tertiary/aromatic N) is 3. The second kappa shape index (κ2) is 9.05. The summed E-state index contributed by atoms with van der Waals surface area (Å²) in [6.07, 6.45) is -2.86. The summed E-state index contributed by atoms with van der Waals surface area (Å²) in [6.45, 7) is 2.32. The maximum absolute atomic E-state index is 13.0. The Morgan fingerprint density at radius 2 is 1.45 bits per heavy atom. The number of amides is 3. The number of likely N-dealkylation sites (tertiary alicyclic amines) is 2. The van der Waals surface area contributed by atoms with Gasteiger partial charge in [0.1, 0.15) is 0 Å². The van der Waals surface area contributed by atoms with Crippen molar-refractivity contribution in [1.29, 1.82) is 0 Å². The highest BCUT2D eigenvalue weighted by Gasteiger charge is 2.35. The number of urea groups is 1. The Morgan fingerprint density at radius 3 is 2.00 bits per heavy atom. The molecule has 2 saturated heterocycles. The zero-order valence-corrected chi connectivity index (χ0v) is 18.4. The van der Waals surface area contributed by atoms with Gasteiger partial charge in [-0.3, -0.25) is 4.79 Å². The first-order chi connectivity index (χ1) is 15.6. The average Bonchev–Trinajstić information content (AvgIpc) is 3.47. The Kier molecular flexibility index (Phi) is 6.34. The summed E-state index contributed by atoms with van der Waals surface area (Å²) >= 11 is 0. The van der Waals surface area contributed by atoms with Gasteiger partial charge in [-0.15, -0.1) is 0 Å². The van der Waals surface area contributed by atoms with Crippen LogP contribution in [0.25, 0.3) is 11.1 Å². The van der Waals surface area contributed by atoms with Gasteiger partial charge in [0.25, 0.3) is 5.91 Å². The van der Waals surface area contributed by atoms with Crippen LogP contribution in [0.5, 0.6) is 0 Å². The number of carbonyl (C=O) groups is 2. The van der Waals surface area contributed by atoms with Gasteiger partial charge in [0, 0.05) is 44.8 Å². The van der Waals surface area contributed by atoms with Gasteiger partial charge in [0.2, 0.25) is 0 Å². The smallest absolute Gasteiger partial charge is 0.337 e. The van der Waals surface area contributed by atoms with Crippen LogP contribution >= 0.6 is 0 Å². The van der Waals surface area contributed by atoms with E-state index < -0.39 is 11.7 Å². The van der Waals surface area contributed by atoms with Gasteiger partial charge in [0.15, 0.2) is 0 Å². The van der Waals surface area contributed by atoms with Crippen LogP contribution in [0.3, 0.4) is 0 Å². The fraction of sp³-hybridized carbons (Fsp3) is 0.417. The molecule has 2 aromatic rings. The van der Waals surface area contributed by atoms with Crippen molar-refractivity contribution in [2.75, 3.05) is 33.2 Å². The number of likely N-dealkylation sites (N-methyl/N-ethyl adjacent to an activating group) is 1. The lowest BCUT2D eigenvalue weighted by Crippen LogP contribution is -2.44. The average molecular weight is 461 g/mol. The van der Waals surface area contributed by atoms with Crippen molar-refractivity contribution in [1.82, 2.24) is 14.7 Å². The van der Waals surface area contributed by atoms with E-state index in [0.717, 1.165) is 24.1 Å². The molecular weight excluding hydrogens is 433 g/mol. The minimum atomic E-state index is -4.37. The number of rotatable bonds is 3. The van der Waals surface area contributed by atoms with Crippen molar-refractivity contribution in [3.63, 3.8) is 0 Å². The van der Waals surface area contributed by atoms with E-state index in [1.807, 2.05) is 0 Å². The van der Waals surface area contributed by atoms with E-state index in [4.69, 9.17) is 5.73 Å². The summed E-state index contributed by atoms with van der Waals surface area (Å²) in [7, 11) is 1.73. The van der Waals surface area contributed by atoms with E-state index in [9.17, 15) is 22.8 Å². The van der Waals surface area contributed by atoms with Gasteiger partial charge in [-0.05, 0) is 48.2 Å². The minimum Gasteiger partial charge on any atom is -0.337 e. The fourth-order valence-corrected chi connectivity index (χ4v) is 4.42. The van der Waals surface area contributed by atoms with Gasteiger partial charge in [-0.25, -0.2) is 4.79 Å². The highest BCUT2D eigenvalue weighted by molar-refractivity contribution is 5.95. The number of halogens is 3. The van der Waals surface area contributed by atoms with Crippen molar-refractivity contribution < 1.29 is 22.8 Å². The van der Waals surface area contributed by atoms with Gasteiger partial charge in [-0.2, -0.15) is 13.2 Å². The van der Waals surface area contributed by atoms with Crippen LogP contribution in [0.4, 0.5) is 18.0 Å². The third-order valence-electron chi connectivity index (χ3n) is 6.47. The van der Waals surface area contributed by atoms with Crippen LogP contribution in [0.1, 0.15) is 28.8 Å². The second-order valence-corrected chi connectivity index (χ2v) is 8.73. The standard InChI is InChI=1S/C24H27F3N4O2/c1-29(21-11-13-31(15-21)23(33)30-12-10-20(28)14-30)22(32)18-4-2-16(3-5-18)17-6-8-19(9-7-17)24(25,26)27/h2-9,20-21H,10-15,28H2,1H3/t20-,21-/m1/s1. The number of nitrogens with two attached hydrogens (primary N) is 1. The van der Waals surface area contributed by atoms with E-state index >= 15 is 0 Å². The number of hydrogen-bond acceptors (Lipinski definition) is 3. The lowest BCUT2D eigenvalue weighted by molar-refractivity contribution is -0.137. The molecule has 0 aromatic heterocycles. The number of hydrogen-bond donors (Lipinski definition) is 1. The predicted molar refractivity (Wildman–Crippen MR) is 119 cm³/mol. The largest absolute Gasteiger partial charge is 0.416 e. The monoisotopic (exact) mass is 460 g/mol. The van der Waals surface area contributed by atoms with Crippen molar-refractivity contribution in [3.8, 4) is 11.1 Å². The van der Waals surface area contributed by atoms with Crippen LogP contribution in [-0.4, -0.2) is 71.9 Å². The molecule has 2 N–H and O–H groups in total. The normalized spacial score (nSPS) is 20.9. The zero-order chi connectivity index (χ0) is 23.8. The SMILES string of the molecule is CN(C(=O)c1ccc(-c2ccc(C(F)(F)F)cc2)cc1)[C@@H]1CCN(C(=O)N2CC[C@@H](N)C2)C1. The summed E-state index contributed by atoms with van der Waals surface area (Å²) in [6, 6.07) is 11.7. The molecule has 0 unspecified atom stereocenters. The molecule has 2 fully saturated rings. The van der Waals surface area contributed by atoms with Crippen molar-refractivity contribution >= 4 is 11.9 Å². The predicted octanol–water partition coefficient (Wildman–Crippen LogP) is 3.67. The summed E-state index contributed by atoms with van der Waals surface area (Å²) in [4.78, 5) is 30.9. The molecule has 176 valence electrons. The summed E-state index contributed by atoms with van der Waals surface area (Å²) in [5.41, 5.74) is 7.06. The van der Waals surface area contributed by atoms with Gasteiger partial charge in [0.05, 0.1) is 11.6 Å². The molecule has 0 bridgehead atoms. The number of benzene rings is 2. The minimum absolute atomic E-state index is 0.0211. The maximum Gasteiger partial charge on any atom is 0.416 e. The third kappa shape index (κ3) is 4.98. The molecule has 0 spiro atoms.